The van der Waals surface area contributed by atoms with Gasteiger partial charge < -0.3 is 20.1 Å². The van der Waals surface area contributed by atoms with E-state index in [2.05, 4.69) is 30.5 Å². The van der Waals surface area contributed by atoms with Crippen LogP contribution in [0.3, 0.4) is 0 Å². The van der Waals surface area contributed by atoms with Gasteiger partial charge in [-0.2, -0.15) is 0 Å². The van der Waals surface area contributed by atoms with E-state index < -0.39 is 5.82 Å². The Morgan fingerprint density at radius 3 is 2.74 bits per heavy atom. The van der Waals surface area contributed by atoms with Crippen LogP contribution in [0, 0.1) is 12.7 Å². The molecule has 2 heterocycles. The number of nitrogens with one attached hydrogen (secondary N) is 2. The van der Waals surface area contributed by atoms with Gasteiger partial charge in [-0.25, -0.2) is 19.3 Å². The maximum Gasteiger partial charge on any atom is 0.251 e. The van der Waals surface area contributed by atoms with Crippen LogP contribution in [0.4, 0.5) is 10.3 Å². The molecule has 8 nitrogen and oxygen atoms in total. The highest BCUT2D eigenvalue weighted by molar-refractivity contribution is 5.94. The predicted octanol–water partition coefficient (Wildman–Crippen LogP) is 2.62. The molecule has 0 aliphatic heterocycles. The first-order chi connectivity index (χ1) is 14.8. The lowest BCUT2D eigenvalue weighted by Crippen LogP contribution is -2.27. The molecule has 0 aliphatic carbocycles. The fourth-order valence-electron chi connectivity index (χ4n) is 3.06. The summed E-state index contributed by atoms with van der Waals surface area (Å²) in [4.78, 5) is 27.0. The number of nitrogens with zero attached hydrogens (tertiary/aromatic N) is 5. The van der Waals surface area contributed by atoms with E-state index in [9.17, 15) is 9.18 Å². The van der Waals surface area contributed by atoms with Gasteiger partial charge in [0.2, 0.25) is 5.95 Å². The molecule has 3 aromatic rings. The lowest BCUT2D eigenvalue weighted by atomic mass is 10.1. The van der Waals surface area contributed by atoms with E-state index in [-0.39, 0.29) is 11.6 Å². The molecule has 0 radical (unpaired) electrons. The summed E-state index contributed by atoms with van der Waals surface area (Å²) in [5.74, 6) is 0.446. The predicted molar refractivity (Wildman–Crippen MR) is 118 cm³/mol. The number of carbonyl (C=O) groups is 1. The fourth-order valence-corrected chi connectivity index (χ4v) is 3.06. The molecule has 1 amide bonds. The third kappa shape index (κ3) is 5.85. The molecule has 9 heteroatoms. The Kier molecular flexibility index (Phi) is 7.30. The maximum absolute atomic E-state index is 14.3. The average molecular weight is 426 g/mol. The van der Waals surface area contributed by atoms with Crippen LogP contribution in [-0.2, 0) is 13.6 Å². The second kappa shape index (κ2) is 10.1. The molecule has 0 saturated carbocycles. The summed E-state index contributed by atoms with van der Waals surface area (Å²) < 4.78 is 16.1. The molecule has 3 rings (SSSR count). The van der Waals surface area contributed by atoms with Crippen molar-refractivity contribution in [3.63, 3.8) is 0 Å². The summed E-state index contributed by atoms with van der Waals surface area (Å²) in [6.07, 6.45) is 3.62. The molecule has 0 unspecified atom stereocenters. The molecule has 0 saturated heterocycles. The molecule has 31 heavy (non-hydrogen) atoms. The summed E-state index contributed by atoms with van der Waals surface area (Å²) >= 11 is 0. The smallest absolute Gasteiger partial charge is 0.251 e. The quantitative estimate of drug-likeness (QED) is 0.513. The van der Waals surface area contributed by atoms with Crippen LogP contribution >= 0.6 is 0 Å². The van der Waals surface area contributed by atoms with Crippen molar-refractivity contribution >= 4 is 11.9 Å². The van der Waals surface area contributed by atoms with Gasteiger partial charge in [0.05, 0.1) is 18.1 Å². The van der Waals surface area contributed by atoms with Crippen molar-refractivity contribution in [2.75, 3.05) is 32.5 Å². The van der Waals surface area contributed by atoms with Crippen molar-refractivity contribution in [3.8, 4) is 11.4 Å². The first-order valence-electron chi connectivity index (χ1n) is 10.1. The Morgan fingerprint density at radius 2 is 2.03 bits per heavy atom. The summed E-state index contributed by atoms with van der Waals surface area (Å²) in [6.45, 7) is 3.78. The number of aromatic nitrogens is 4. The van der Waals surface area contributed by atoms with Gasteiger partial charge in [0.1, 0.15) is 11.5 Å². The molecular weight excluding hydrogens is 397 g/mol. The topological polar surface area (TPSA) is 88.0 Å². The lowest BCUT2D eigenvalue weighted by Gasteiger charge is -2.11. The molecule has 0 atom stereocenters. The van der Waals surface area contributed by atoms with Crippen molar-refractivity contribution in [2.45, 2.75) is 19.9 Å². The van der Waals surface area contributed by atoms with Crippen molar-refractivity contribution in [3.05, 3.63) is 59.4 Å². The number of carbonyl (C=O) groups excluding carboxylic acids is 1. The number of imidazole rings is 1. The Labute approximate surface area is 181 Å². The normalized spacial score (nSPS) is 11.0. The van der Waals surface area contributed by atoms with E-state index in [1.54, 1.807) is 16.8 Å². The van der Waals surface area contributed by atoms with Gasteiger partial charge in [-0.05, 0) is 51.7 Å². The number of aryl methyl sites for hydroxylation is 1. The minimum absolute atomic E-state index is 0.104. The van der Waals surface area contributed by atoms with E-state index in [1.807, 2.05) is 46.3 Å². The SMILES string of the molecule is Cc1ncc(-c2nc(NCc3cccc(C(=O)NCCCN(C)C)c3)ncc2F)n1C. The summed E-state index contributed by atoms with van der Waals surface area (Å²) in [7, 11) is 5.82. The minimum Gasteiger partial charge on any atom is -0.352 e. The highest BCUT2D eigenvalue weighted by Gasteiger charge is 2.14. The molecule has 0 fully saturated rings. The minimum atomic E-state index is -0.513. The fraction of sp³-hybridized carbons (Fsp3) is 0.364. The second-order valence-electron chi connectivity index (χ2n) is 7.61. The van der Waals surface area contributed by atoms with Crippen LogP contribution in [0.1, 0.15) is 28.2 Å². The third-order valence-electron chi connectivity index (χ3n) is 4.91. The van der Waals surface area contributed by atoms with Crippen molar-refractivity contribution < 1.29 is 9.18 Å². The molecule has 2 aromatic heterocycles. The van der Waals surface area contributed by atoms with Gasteiger partial charge in [-0.1, -0.05) is 12.1 Å². The molecule has 164 valence electrons. The van der Waals surface area contributed by atoms with Gasteiger partial charge in [0, 0.05) is 25.7 Å². The van der Waals surface area contributed by atoms with Crippen LogP contribution in [0.25, 0.3) is 11.4 Å². The van der Waals surface area contributed by atoms with Crippen molar-refractivity contribution in [1.82, 2.24) is 29.7 Å². The Bertz CT molecular complexity index is 1050. The van der Waals surface area contributed by atoms with Crippen LogP contribution in [0.2, 0.25) is 0 Å². The van der Waals surface area contributed by atoms with Gasteiger partial charge in [-0.15, -0.1) is 0 Å². The molecule has 0 spiro atoms. The standard InChI is InChI=1S/C22H28FN7O/c1-15-25-14-19(30(15)4)20-18(23)13-27-22(28-20)26-12-16-7-5-8-17(11-16)21(31)24-9-6-10-29(2)3/h5,7-8,11,13-14H,6,9-10,12H2,1-4H3,(H,24,31)(H,26,27,28). The van der Waals surface area contributed by atoms with Crippen LogP contribution < -0.4 is 10.6 Å². The van der Waals surface area contributed by atoms with Gasteiger partial charge in [0.25, 0.3) is 5.91 Å². The van der Waals surface area contributed by atoms with E-state index in [0.717, 1.165) is 30.6 Å². The van der Waals surface area contributed by atoms with E-state index in [0.29, 0.717) is 30.3 Å². The summed E-state index contributed by atoms with van der Waals surface area (Å²) in [5.41, 5.74) is 2.25. The van der Waals surface area contributed by atoms with Crippen LogP contribution in [0.15, 0.2) is 36.7 Å². The Hall–Kier alpha value is -3.33. The summed E-state index contributed by atoms with van der Waals surface area (Å²) in [5, 5.41) is 6.03. The van der Waals surface area contributed by atoms with Crippen LogP contribution in [0.5, 0.6) is 0 Å². The maximum atomic E-state index is 14.3. The largest absolute Gasteiger partial charge is 0.352 e. The highest BCUT2D eigenvalue weighted by Crippen LogP contribution is 2.21. The van der Waals surface area contributed by atoms with E-state index in [1.165, 1.54) is 0 Å². The van der Waals surface area contributed by atoms with Crippen molar-refractivity contribution in [1.29, 1.82) is 0 Å². The van der Waals surface area contributed by atoms with Gasteiger partial charge in [0.15, 0.2) is 5.82 Å². The molecule has 0 aliphatic rings. The van der Waals surface area contributed by atoms with Crippen LogP contribution in [-0.4, -0.2) is 57.5 Å². The first kappa shape index (κ1) is 22.4. The number of hydrogen-bond acceptors (Lipinski definition) is 6. The molecular formula is C22H28FN7O. The zero-order valence-corrected chi connectivity index (χ0v) is 18.3. The highest BCUT2D eigenvalue weighted by atomic mass is 19.1. The Morgan fingerprint density at radius 1 is 1.23 bits per heavy atom. The zero-order chi connectivity index (χ0) is 22.4. The van der Waals surface area contributed by atoms with Gasteiger partial charge >= 0.3 is 0 Å². The van der Waals surface area contributed by atoms with E-state index >= 15 is 0 Å². The van der Waals surface area contributed by atoms with Gasteiger partial charge in [-0.3, -0.25) is 4.79 Å². The monoisotopic (exact) mass is 425 g/mol. The average Bonchev–Trinajstić information content (AvgIpc) is 3.09. The van der Waals surface area contributed by atoms with E-state index in [4.69, 9.17) is 0 Å². The Balaban J connectivity index is 1.64. The zero-order valence-electron chi connectivity index (χ0n) is 18.3. The van der Waals surface area contributed by atoms with Crippen molar-refractivity contribution in [2.24, 2.45) is 7.05 Å². The molecule has 0 bridgehead atoms. The lowest BCUT2D eigenvalue weighted by molar-refractivity contribution is 0.0952. The third-order valence-corrected chi connectivity index (χ3v) is 4.91. The number of halogens is 1. The summed E-state index contributed by atoms with van der Waals surface area (Å²) in [6, 6.07) is 7.34. The second-order valence-corrected chi connectivity index (χ2v) is 7.61. The first-order valence-corrected chi connectivity index (χ1v) is 10.1. The number of benzene rings is 1. The number of hydrogen-bond donors (Lipinski definition) is 2. The number of amides is 1. The molecule has 1 aromatic carbocycles. The number of anilines is 1. The number of rotatable bonds is 9. The molecule has 2 N–H and O–H groups in total.